The summed E-state index contributed by atoms with van der Waals surface area (Å²) in [6.07, 6.45) is 0.0616. The van der Waals surface area contributed by atoms with Crippen molar-refractivity contribution < 1.29 is 14.6 Å². The fourth-order valence-electron chi connectivity index (χ4n) is 1.85. The van der Waals surface area contributed by atoms with Gasteiger partial charge in [-0.1, -0.05) is 0 Å². The molecule has 0 saturated carbocycles. The van der Waals surface area contributed by atoms with Gasteiger partial charge in [0.15, 0.2) is 0 Å². The molecular weight excluding hydrogens is 294 g/mol. The molecule has 0 radical (unpaired) electrons. The van der Waals surface area contributed by atoms with E-state index in [-0.39, 0.29) is 6.42 Å². The van der Waals surface area contributed by atoms with Crippen molar-refractivity contribution in [2.45, 2.75) is 32.8 Å². The molecule has 6 heteroatoms. The van der Waals surface area contributed by atoms with Crippen LogP contribution in [-0.4, -0.2) is 22.7 Å². The van der Waals surface area contributed by atoms with E-state index < -0.39 is 11.6 Å². The van der Waals surface area contributed by atoms with Crippen molar-refractivity contribution in [1.82, 2.24) is 4.98 Å². The van der Waals surface area contributed by atoms with Gasteiger partial charge in [0.25, 0.3) is 0 Å². The number of hydrogen-bond acceptors (Lipinski definition) is 5. The van der Waals surface area contributed by atoms with Crippen LogP contribution in [0.5, 0.6) is 0 Å². The van der Waals surface area contributed by atoms with Crippen LogP contribution in [0.25, 0.3) is 10.6 Å². The molecule has 2 aromatic heterocycles. The van der Waals surface area contributed by atoms with Gasteiger partial charge in [-0.05, 0) is 32.9 Å². The van der Waals surface area contributed by atoms with Gasteiger partial charge in [0.1, 0.15) is 10.6 Å². The van der Waals surface area contributed by atoms with Gasteiger partial charge in [0.2, 0.25) is 0 Å². The molecule has 0 aliphatic rings. The average Bonchev–Trinajstić information content (AvgIpc) is 2.95. The van der Waals surface area contributed by atoms with Gasteiger partial charge in [-0.15, -0.1) is 22.7 Å². The Labute approximate surface area is 126 Å². The van der Waals surface area contributed by atoms with Crippen LogP contribution in [-0.2, 0) is 21.6 Å². The van der Waals surface area contributed by atoms with Crippen molar-refractivity contribution in [3.63, 3.8) is 0 Å². The number of ether oxygens (including phenoxy) is 1. The maximum Gasteiger partial charge on any atom is 0.308 e. The summed E-state index contributed by atoms with van der Waals surface area (Å²) in [4.78, 5) is 17.2. The first-order valence-electron chi connectivity index (χ1n) is 6.33. The number of aromatic nitrogens is 1. The molecule has 0 amide bonds. The van der Waals surface area contributed by atoms with E-state index in [0.29, 0.717) is 6.61 Å². The van der Waals surface area contributed by atoms with Crippen molar-refractivity contribution in [3.05, 3.63) is 27.4 Å². The fourth-order valence-corrected chi connectivity index (χ4v) is 3.78. The topological polar surface area (TPSA) is 59.4 Å². The Morgan fingerprint density at radius 1 is 1.45 bits per heavy atom. The minimum Gasteiger partial charge on any atom is -0.481 e. The standard InChI is InChI=1S/C14H17NO3S2/c1-4-18-14(2,3)13-15-10(8-19-13)11-6-5-9(20-11)7-12(16)17/h5-6,8H,4,7H2,1-3H3,(H,16,17). The van der Waals surface area contributed by atoms with Gasteiger partial charge in [0, 0.05) is 16.9 Å². The fraction of sp³-hybridized carbons (Fsp3) is 0.429. The van der Waals surface area contributed by atoms with Crippen LogP contribution >= 0.6 is 22.7 Å². The SMILES string of the molecule is CCOC(C)(C)c1nc(-c2ccc(CC(=O)O)s2)cs1. The number of carboxylic acid groups (broad SMARTS) is 1. The molecule has 0 unspecified atom stereocenters. The van der Waals surface area contributed by atoms with E-state index in [4.69, 9.17) is 9.84 Å². The molecule has 0 aliphatic heterocycles. The van der Waals surface area contributed by atoms with Gasteiger partial charge in [-0.25, -0.2) is 4.98 Å². The number of hydrogen-bond donors (Lipinski definition) is 1. The molecular formula is C14H17NO3S2. The molecule has 0 atom stereocenters. The summed E-state index contributed by atoms with van der Waals surface area (Å²) in [6, 6.07) is 3.77. The first-order chi connectivity index (χ1) is 9.42. The van der Waals surface area contributed by atoms with Crippen molar-refractivity contribution in [1.29, 1.82) is 0 Å². The number of carboxylic acids is 1. The number of nitrogens with zero attached hydrogens (tertiary/aromatic N) is 1. The van der Waals surface area contributed by atoms with E-state index in [2.05, 4.69) is 4.98 Å². The highest BCUT2D eigenvalue weighted by molar-refractivity contribution is 7.16. The van der Waals surface area contributed by atoms with Crippen molar-refractivity contribution >= 4 is 28.6 Å². The summed E-state index contributed by atoms with van der Waals surface area (Å²) in [5, 5.41) is 11.7. The number of rotatable bonds is 6. The summed E-state index contributed by atoms with van der Waals surface area (Å²) in [6.45, 7) is 6.62. The lowest BCUT2D eigenvalue weighted by Crippen LogP contribution is -2.21. The zero-order chi connectivity index (χ0) is 14.8. The van der Waals surface area contributed by atoms with Gasteiger partial charge in [-0.2, -0.15) is 0 Å². The molecule has 0 spiro atoms. The summed E-state index contributed by atoms with van der Waals surface area (Å²) in [5.74, 6) is -0.810. The molecule has 108 valence electrons. The third-order valence-electron chi connectivity index (χ3n) is 2.76. The summed E-state index contributed by atoms with van der Waals surface area (Å²) >= 11 is 3.04. The van der Waals surface area contributed by atoms with Crippen LogP contribution in [0, 0.1) is 0 Å². The first-order valence-corrected chi connectivity index (χ1v) is 8.03. The Bertz CT molecular complexity index is 601. The lowest BCUT2D eigenvalue weighted by atomic mass is 10.1. The van der Waals surface area contributed by atoms with Gasteiger partial charge < -0.3 is 9.84 Å². The Morgan fingerprint density at radius 3 is 2.85 bits per heavy atom. The Morgan fingerprint density at radius 2 is 2.20 bits per heavy atom. The maximum atomic E-state index is 10.7. The monoisotopic (exact) mass is 311 g/mol. The third kappa shape index (κ3) is 3.45. The predicted octanol–water partition coefficient (Wildman–Crippen LogP) is 3.77. The normalized spacial score (nSPS) is 11.8. The van der Waals surface area contributed by atoms with Gasteiger partial charge in [-0.3, -0.25) is 4.79 Å². The van der Waals surface area contributed by atoms with E-state index in [1.807, 2.05) is 38.3 Å². The smallest absolute Gasteiger partial charge is 0.308 e. The Balaban J connectivity index is 2.20. The average molecular weight is 311 g/mol. The molecule has 2 rings (SSSR count). The first kappa shape index (κ1) is 15.2. The number of thiazole rings is 1. The molecule has 4 nitrogen and oxygen atoms in total. The molecule has 0 saturated heterocycles. The zero-order valence-corrected chi connectivity index (χ0v) is 13.3. The quantitative estimate of drug-likeness (QED) is 0.882. The molecule has 0 fully saturated rings. The van der Waals surface area contributed by atoms with Crippen LogP contribution in [0.2, 0.25) is 0 Å². The lowest BCUT2D eigenvalue weighted by molar-refractivity contribution is -0.136. The van der Waals surface area contributed by atoms with E-state index in [1.165, 1.54) is 11.3 Å². The second-order valence-corrected chi connectivity index (χ2v) is 6.84. The summed E-state index contributed by atoms with van der Waals surface area (Å²) in [7, 11) is 0. The van der Waals surface area contributed by atoms with E-state index >= 15 is 0 Å². The van der Waals surface area contributed by atoms with Crippen LogP contribution in [0.15, 0.2) is 17.5 Å². The Kier molecular flexibility index (Phi) is 4.57. The van der Waals surface area contributed by atoms with E-state index in [1.54, 1.807) is 11.3 Å². The van der Waals surface area contributed by atoms with Crippen molar-refractivity contribution in [3.8, 4) is 10.6 Å². The molecule has 0 aromatic carbocycles. The lowest BCUT2D eigenvalue weighted by Gasteiger charge is -2.21. The van der Waals surface area contributed by atoms with Crippen molar-refractivity contribution in [2.75, 3.05) is 6.61 Å². The molecule has 0 aliphatic carbocycles. The third-order valence-corrected chi connectivity index (χ3v) is 5.02. The minimum absolute atomic E-state index is 0.0616. The van der Waals surface area contributed by atoms with Gasteiger partial charge in [0.05, 0.1) is 17.0 Å². The molecule has 1 N–H and O–H groups in total. The number of carbonyl (C=O) groups is 1. The molecule has 0 bridgehead atoms. The number of aliphatic carboxylic acids is 1. The molecule has 20 heavy (non-hydrogen) atoms. The van der Waals surface area contributed by atoms with E-state index in [9.17, 15) is 4.79 Å². The Hall–Kier alpha value is -1.24. The summed E-state index contributed by atoms with van der Waals surface area (Å²) in [5.41, 5.74) is 0.498. The van der Waals surface area contributed by atoms with Crippen LogP contribution in [0.4, 0.5) is 0 Å². The largest absolute Gasteiger partial charge is 0.481 e. The molecule has 2 aromatic rings. The summed E-state index contributed by atoms with van der Waals surface area (Å²) < 4.78 is 5.70. The second-order valence-electron chi connectivity index (χ2n) is 4.82. The van der Waals surface area contributed by atoms with Crippen LogP contribution in [0.3, 0.4) is 0 Å². The zero-order valence-electron chi connectivity index (χ0n) is 11.7. The highest BCUT2D eigenvalue weighted by Crippen LogP contribution is 2.34. The van der Waals surface area contributed by atoms with E-state index in [0.717, 1.165) is 20.5 Å². The predicted molar refractivity (Wildman–Crippen MR) is 81.4 cm³/mol. The highest BCUT2D eigenvalue weighted by Gasteiger charge is 2.25. The molecule has 2 heterocycles. The second kappa shape index (κ2) is 6.03. The minimum atomic E-state index is -0.810. The maximum absolute atomic E-state index is 10.7. The van der Waals surface area contributed by atoms with Crippen molar-refractivity contribution in [2.24, 2.45) is 0 Å². The van der Waals surface area contributed by atoms with Crippen LogP contribution in [0.1, 0.15) is 30.7 Å². The number of thiophene rings is 1. The van der Waals surface area contributed by atoms with Crippen LogP contribution < -0.4 is 0 Å². The highest BCUT2D eigenvalue weighted by atomic mass is 32.1. The van der Waals surface area contributed by atoms with Gasteiger partial charge >= 0.3 is 5.97 Å².